The zero-order valence-corrected chi connectivity index (χ0v) is 8.14. The van der Waals surface area contributed by atoms with Crippen LogP contribution in [0, 0.1) is 0 Å². The lowest BCUT2D eigenvalue weighted by molar-refractivity contribution is 0.267. The van der Waals surface area contributed by atoms with Gasteiger partial charge in [0.1, 0.15) is 5.75 Å². The van der Waals surface area contributed by atoms with Crippen LogP contribution in [0.2, 0.25) is 5.02 Å². The molecule has 0 saturated heterocycles. The van der Waals surface area contributed by atoms with Crippen LogP contribution in [0.4, 0.5) is 5.69 Å². The summed E-state index contributed by atoms with van der Waals surface area (Å²) in [5.41, 5.74) is 6.67. The topological polar surface area (TPSA) is 55.5 Å². The molecule has 0 heterocycles. The highest BCUT2D eigenvalue weighted by Crippen LogP contribution is 2.28. The van der Waals surface area contributed by atoms with Gasteiger partial charge in [0.25, 0.3) is 0 Å². The van der Waals surface area contributed by atoms with Gasteiger partial charge in [-0.25, -0.2) is 0 Å². The van der Waals surface area contributed by atoms with Gasteiger partial charge in [-0.3, -0.25) is 0 Å². The second kappa shape index (κ2) is 4.35. The number of hydrogen-bond donors (Lipinski definition) is 2. The molecule has 4 heteroatoms. The average Bonchev–Trinajstić information content (AvgIpc) is 2.11. The van der Waals surface area contributed by atoms with Gasteiger partial charge < -0.3 is 15.6 Å². The number of aliphatic hydroxyl groups is 1. The lowest BCUT2D eigenvalue weighted by atomic mass is 10.2. The molecular weight excluding hydrogens is 190 g/mol. The van der Waals surface area contributed by atoms with Crippen molar-refractivity contribution < 1.29 is 9.84 Å². The summed E-state index contributed by atoms with van der Waals surface area (Å²) in [6.45, 7) is 2.30. The maximum absolute atomic E-state index is 8.98. The Morgan fingerprint density at radius 1 is 1.54 bits per heavy atom. The molecule has 3 nitrogen and oxygen atoms in total. The summed E-state index contributed by atoms with van der Waals surface area (Å²) in [5, 5.41) is 9.43. The third-order valence-corrected chi connectivity index (χ3v) is 1.98. The number of halogens is 1. The minimum absolute atomic E-state index is 0.100. The molecule has 0 spiro atoms. The summed E-state index contributed by atoms with van der Waals surface area (Å²) in [4.78, 5) is 0. The average molecular weight is 202 g/mol. The molecule has 1 aromatic carbocycles. The highest BCUT2D eigenvalue weighted by atomic mass is 35.5. The molecule has 0 radical (unpaired) electrons. The second-order valence-electron chi connectivity index (χ2n) is 2.57. The Balaban J connectivity index is 3.09. The molecule has 0 fully saturated rings. The van der Waals surface area contributed by atoms with E-state index >= 15 is 0 Å². The van der Waals surface area contributed by atoms with Crippen molar-refractivity contribution in [2.24, 2.45) is 0 Å². The van der Waals surface area contributed by atoms with Gasteiger partial charge in [-0.15, -0.1) is 0 Å². The summed E-state index contributed by atoms with van der Waals surface area (Å²) >= 11 is 5.79. The monoisotopic (exact) mass is 201 g/mol. The number of nitrogen functional groups attached to an aromatic ring is 1. The van der Waals surface area contributed by atoms with E-state index in [1.165, 1.54) is 0 Å². The van der Waals surface area contributed by atoms with Gasteiger partial charge in [-0.05, 0) is 13.0 Å². The molecule has 1 aromatic rings. The van der Waals surface area contributed by atoms with Gasteiger partial charge in [0.15, 0.2) is 0 Å². The predicted molar refractivity (Wildman–Crippen MR) is 53.0 cm³/mol. The minimum atomic E-state index is -0.100. The van der Waals surface area contributed by atoms with Gasteiger partial charge >= 0.3 is 0 Å². The largest absolute Gasteiger partial charge is 0.493 e. The molecule has 0 amide bonds. The normalized spacial score (nSPS) is 10.1. The van der Waals surface area contributed by atoms with Crippen molar-refractivity contribution in [2.45, 2.75) is 13.5 Å². The van der Waals surface area contributed by atoms with Gasteiger partial charge in [-0.1, -0.05) is 11.6 Å². The smallest absolute Gasteiger partial charge is 0.126 e. The first-order valence-electron chi connectivity index (χ1n) is 4.00. The first-order chi connectivity index (χ1) is 6.19. The molecule has 72 valence electrons. The van der Waals surface area contributed by atoms with Crippen LogP contribution in [0.3, 0.4) is 0 Å². The molecule has 0 atom stereocenters. The van der Waals surface area contributed by atoms with Crippen molar-refractivity contribution in [1.82, 2.24) is 0 Å². The van der Waals surface area contributed by atoms with Crippen molar-refractivity contribution in [3.63, 3.8) is 0 Å². The molecule has 0 aromatic heterocycles. The van der Waals surface area contributed by atoms with E-state index in [9.17, 15) is 0 Å². The van der Waals surface area contributed by atoms with Crippen molar-refractivity contribution in [3.05, 3.63) is 22.7 Å². The van der Waals surface area contributed by atoms with E-state index < -0.39 is 0 Å². The number of benzene rings is 1. The molecule has 0 aliphatic rings. The Hall–Kier alpha value is -0.930. The van der Waals surface area contributed by atoms with Gasteiger partial charge in [-0.2, -0.15) is 0 Å². The summed E-state index contributed by atoms with van der Waals surface area (Å²) in [6.07, 6.45) is 0. The number of hydrogen-bond acceptors (Lipinski definition) is 3. The maximum atomic E-state index is 8.98. The van der Waals surface area contributed by atoms with Crippen LogP contribution in [0.25, 0.3) is 0 Å². The number of nitrogens with two attached hydrogens (primary N) is 1. The van der Waals surface area contributed by atoms with E-state index in [4.69, 9.17) is 27.2 Å². The summed E-state index contributed by atoms with van der Waals surface area (Å²) < 4.78 is 5.26. The fraction of sp³-hybridized carbons (Fsp3) is 0.333. The van der Waals surface area contributed by atoms with Crippen LogP contribution in [0.1, 0.15) is 12.5 Å². The first-order valence-corrected chi connectivity index (χ1v) is 4.38. The number of aliphatic hydroxyl groups excluding tert-OH is 1. The highest BCUT2D eigenvalue weighted by Gasteiger charge is 2.06. The van der Waals surface area contributed by atoms with E-state index in [1.807, 2.05) is 6.92 Å². The first kappa shape index (κ1) is 10.2. The quantitative estimate of drug-likeness (QED) is 0.734. The molecular formula is C9H12ClNO2. The molecule has 0 unspecified atom stereocenters. The van der Waals surface area contributed by atoms with Crippen molar-refractivity contribution >= 4 is 17.3 Å². The Bertz CT molecular complexity index is 302. The lowest BCUT2D eigenvalue weighted by Crippen LogP contribution is -1.98. The van der Waals surface area contributed by atoms with Crippen molar-refractivity contribution in [1.29, 1.82) is 0 Å². The lowest BCUT2D eigenvalue weighted by Gasteiger charge is -2.09. The molecule has 0 saturated carbocycles. The Morgan fingerprint density at radius 2 is 2.23 bits per heavy atom. The standard InChI is InChI=1S/C9H12ClNO2/c1-2-13-9-4-7(10)8(11)3-6(9)5-12/h3-4,12H,2,5,11H2,1H3. The fourth-order valence-electron chi connectivity index (χ4n) is 1.03. The summed E-state index contributed by atoms with van der Waals surface area (Å²) in [7, 11) is 0. The summed E-state index contributed by atoms with van der Waals surface area (Å²) in [5.74, 6) is 0.587. The Labute approximate surface area is 82.1 Å². The van der Waals surface area contributed by atoms with Crippen LogP contribution in [0.15, 0.2) is 12.1 Å². The summed E-state index contributed by atoms with van der Waals surface area (Å²) in [6, 6.07) is 3.24. The third kappa shape index (κ3) is 2.26. The van der Waals surface area contributed by atoms with Gasteiger partial charge in [0.2, 0.25) is 0 Å². The molecule has 0 aliphatic heterocycles. The van der Waals surface area contributed by atoms with E-state index in [2.05, 4.69) is 0 Å². The molecule has 0 aliphatic carbocycles. The van der Waals surface area contributed by atoms with E-state index in [1.54, 1.807) is 12.1 Å². The number of rotatable bonds is 3. The predicted octanol–water partition coefficient (Wildman–Crippen LogP) is 1.81. The minimum Gasteiger partial charge on any atom is -0.493 e. The van der Waals surface area contributed by atoms with E-state index in [0.717, 1.165) is 0 Å². The van der Waals surface area contributed by atoms with Crippen LogP contribution in [-0.4, -0.2) is 11.7 Å². The van der Waals surface area contributed by atoms with Gasteiger partial charge in [0.05, 0.1) is 23.9 Å². The van der Waals surface area contributed by atoms with Crippen LogP contribution in [0.5, 0.6) is 5.75 Å². The molecule has 0 bridgehead atoms. The second-order valence-corrected chi connectivity index (χ2v) is 2.98. The van der Waals surface area contributed by atoms with Gasteiger partial charge in [0, 0.05) is 11.6 Å². The fourth-order valence-corrected chi connectivity index (χ4v) is 1.19. The Kier molecular flexibility index (Phi) is 3.39. The van der Waals surface area contributed by atoms with Crippen LogP contribution < -0.4 is 10.5 Å². The highest BCUT2D eigenvalue weighted by molar-refractivity contribution is 6.33. The Morgan fingerprint density at radius 3 is 2.77 bits per heavy atom. The van der Waals surface area contributed by atoms with E-state index in [0.29, 0.717) is 28.6 Å². The van der Waals surface area contributed by atoms with Crippen molar-refractivity contribution in [3.8, 4) is 5.75 Å². The molecule has 3 N–H and O–H groups in total. The van der Waals surface area contributed by atoms with Crippen molar-refractivity contribution in [2.75, 3.05) is 12.3 Å². The third-order valence-electron chi connectivity index (χ3n) is 1.65. The number of ether oxygens (including phenoxy) is 1. The zero-order valence-electron chi connectivity index (χ0n) is 7.38. The maximum Gasteiger partial charge on any atom is 0.126 e. The molecule has 13 heavy (non-hydrogen) atoms. The zero-order chi connectivity index (χ0) is 9.84. The number of anilines is 1. The van der Waals surface area contributed by atoms with Crippen LogP contribution in [-0.2, 0) is 6.61 Å². The molecule has 1 rings (SSSR count). The van der Waals surface area contributed by atoms with Crippen LogP contribution >= 0.6 is 11.6 Å². The SMILES string of the molecule is CCOc1cc(Cl)c(N)cc1CO. The van der Waals surface area contributed by atoms with E-state index in [-0.39, 0.29) is 6.61 Å².